The van der Waals surface area contributed by atoms with Crippen molar-refractivity contribution in [1.29, 1.82) is 0 Å². The molecule has 29 heavy (non-hydrogen) atoms. The number of amides is 2. The molecule has 2 unspecified atom stereocenters. The van der Waals surface area contributed by atoms with Gasteiger partial charge in [-0.3, -0.25) is 14.6 Å². The Morgan fingerprint density at radius 1 is 1.10 bits per heavy atom. The molecule has 154 valence electrons. The molecule has 2 atom stereocenters. The van der Waals surface area contributed by atoms with Crippen LogP contribution in [0.4, 0.5) is 0 Å². The molecule has 1 aromatic carbocycles. The van der Waals surface area contributed by atoms with Crippen molar-refractivity contribution in [3.05, 3.63) is 65.5 Å². The summed E-state index contributed by atoms with van der Waals surface area (Å²) >= 11 is 0. The lowest BCUT2D eigenvalue weighted by molar-refractivity contribution is -0.123. The predicted octanol–water partition coefficient (Wildman–Crippen LogP) is 1.27. The van der Waals surface area contributed by atoms with Crippen LogP contribution in [0.25, 0.3) is 0 Å². The van der Waals surface area contributed by atoms with Crippen LogP contribution in [0.1, 0.15) is 41.8 Å². The number of nitrogens with one attached hydrogen (secondary N) is 2. The number of aromatic nitrogens is 1. The number of hydrogen-bond acceptors (Lipinski definition) is 5. The smallest absolute Gasteiger partial charge is 0.426 e. The molecule has 0 aliphatic rings. The molecule has 8 heteroatoms. The van der Waals surface area contributed by atoms with Crippen molar-refractivity contribution in [3.8, 4) is 0 Å². The third-order valence-electron chi connectivity index (χ3n) is 4.60. The third-order valence-corrected chi connectivity index (χ3v) is 4.60. The van der Waals surface area contributed by atoms with E-state index in [0.29, 0.717) is 12.0 Å². The van der Waals surface area contributed by atoms with Gasteiger partial charge in [0.2, 0.25) is 5.91 Å². The Morgan fingerprint density at radius 3 is 2.38 bits per heavy atom. The molecule has 0 radical (unpaired) electrons. The van der Waals surface area contributed by atoms with Gasteiger partial charge >= 0.3 is 7.12 Å². The fourth-order valence-corrected chi connectivity index (χ4v) is 3.04. The largest absolute Gasteiger partial charge is 0.475 e. The number of rotatable bonds is 9. The van der Waals surface area contributed by atoms with E-state index in [1.54, 1.807) is 19.2 Å². The van der Waals surface area contributed by atoms with Crippen molar-refractivity contribution in [2.75, 3.05) is 0 Å². The summed E-state index contributed by atoms with van der Waals surface area (Å²) in [6.07, 6.45) is 3.73. The highest BCUT2D eigenvalue weighted by Crippen LogP contribution is 2.10. The lowest BCUT2D eigenvalue weighted by Crippen LogP contribution is -2.55. The van der Waals surface area contributed by atoms with Crippen LogP contribution in [0.2, 0.25) is 0 Å². The predicted molar refractivity (Wildman–Crippen MR) is 112 cm³/mol. The van der Waals surface area contributed by atoms with Gasteiger partial charge < -0.3 is 20.7 Å². The maximum absolute atomic E-state index is 12.9. The normalized spacial score (nSPS) is 12.9. The fourth-order valence-electron chi connectivity index (χ4n) is 3.04. The third kappa shape index (κ3) is 7.00. The van der Waals surface area contributed by atoms with Crippen LogP contribution < -0.4 is 10.6 Å². The van der Waals surface area contributed by atoms with E-state index >= 15 is 0 Å². The average molecular weight is 397 g/mol. The van der Waals surface area contributed by atoms with Gasteiger partial charge in [0, 0.05) is 18.8 Å². The maximum atomic E-state index is 12.9. The molecule has 4 N–H and O–H groups in total. The second kappa shape index (κ2) is 10.7. The highest BCUT2D eigenvalue weighted by Gasteiger charge is 2.30. The molecule has 0 saturated carbocycles. The Morgan fingerprint density at radius 2 is 1.79 bits per heavy atom. The molecule has 2 amide bonds. The van der Waals surface area contributed by atoms with Crippen LogP contribution in [-0.4, -0.2) is 45.9 Å². The molecule has 0 spiro atoms. The zero-order valence-electron chi connectivity index (χ0n) is 17.0. The Kier molecular flexibility index (Phi) is 8.36. The van der Waals surface area contributed by atoms with Gasteiger partial charge in [0.05, 0.1) is 11.5 Å². The van der Waals surface area contributed by atoms with E-state index in [-0.39, 0.29) is 12.3 Å². The molecular formula is C21H28BN3O4. The summed E-state index contributed by atoms with van der Waals surface area (Å²) in [5.41, 5.74) is 2.01. The first kappa shape index (κ1) is 22.6. The van der Waals surface area contributed by atoms with Crippen molar-refractivity contribution in [2.45, 2.75) is 45.6 Å². The molecule has 0 aliphatic carbocycles. The van der Waals surface area contributed by atoms with Crippen molar-refractivity contribution in [3.63, 3.8) is 0 Å². The first-order chi connectivity index (χ1) is 13.8. The number of aryl methyl sites for hydroxylation is 1. The monoisotopic (exact) mass is 397 g/mol. The Hall–Kier alpha value is -2.71. The summed E-state index contributed by atoms with van der Waals surface area (Å²) in [7, 11) is -1.69. The standard InChI is InChI=1S/C21H28BN3O4/c1-14(2)11-19(22(28)29)25-21(27)18(12-16-7-5-4-6-8-16)24-20(26)17-13-23-10-9-15(17)3/h4-10,13-14,18-19,28-29H,11-12H2,1-3H3,(H,24,26)(H,25,27). The summed E-state index contributed by atoms with van der Waals surface area (Å²) in [5.74, 6) is -1.54. The van der Waals surface area contributed by atoms with Gasteiger partial charge in [-0.05, 0) is 36.5 Å². The van der Waals surface area contributed by atoms with E-state index in [0.717, 1.165) is 11.1 Å². The van der Waals surface area contributed by atoms with E-state index in [9.17, 15) is 19.6 Å². The van der Waals surface area contributed by atoms with Gasteiger partial charge in [0.15, 0.2) is 0 Å². The first-order valence-electron chi connectivity index (χ1n) is 9.69. The summed E-state index contributed by atoms with van der Waals surface area (Å²) in [6.45, 7) is 5.65. The highest BCUT2D eigenvalue weighted by molar-refractivity contribution is 6.43. The van der Waals surface area contributed by atoms with Crippen LogP contribution >= 0.6 is 0 Å². The minimum absolute atomic E-state index is 0.155. The van der Waals surface area contributed by atoms with Crippen LogP contribution in [-0.2, 0) is 11.2 Å². The molecule has 1 aromatic heterocycles. The van der Waals surface area contributed by atoms with E-state index < -0.39 is 30.9 Å². The number of pyridine rings is 1. The summed E-state index contributed by atoms with van der Waals surface area (Å²) in [6, 6.07) is 10.2. The van der Waals surface area contributed by atoms with Crippen LogP contribution in [0, 0.1) is 12.8 Å². The zero-order chi connectivity index (χ0) is 21.4. The van der Waals surface area contributed by atoms with Gasteiger partial charge in [-0.2, -0.15) is 0 Å². The Bertz CT molecular complexity index is 815. The number of hydrogen-bond donors (Lipinski definition) is 4. The van der Waals surface area contributed by atoms with E-state index in [4.69, 9.17) is 0 Å². The highest BCUT2D eigenvalue weighted by atomic mass is 16.4. The Balaban J connectivity index is 2.20. The number of carbonyl (C=O) groups excluding carboxylic acids is 2. The molecule has 0 aliphatic heterocycles. The average Bonchev–Trinajstić information content (AvgIpc) is 2.67. The van der Waals surface area contributed by atoms with Crippen LogP contribution in [0.5, 0.6) is 0 Å². The van der Waals surface area contributed by atoms with Gasteiger partial charge in [-0.1, -0.05) is 44.2 Å². The quantitative estimate of drug-likeness (QED) is 0.477. The molecule has 0 saturated heterocycles. The van der Waals surface area contributed by atoms with Crippen molar-refractivity contribution in [1.82, 2.24) is 15.6 Å². The molecule has 0 bridgehead atoms. The second-order valence-electron chi connectivity index (χ2n) is 7.56. The molecule has 2 aromatic rings. The topological polar surface area (TPSA) is 112 Å². The van der Waals surface area contributed by atoms with E-state index in [1.165, 1.54) is 6.20 Å². The van der Waals surface area contributed by atoms with Crippen LogP contribution in [0.3, 0.4) is 0 Å². The van der Waals surface area contributed by atoms with Gasteiger partial charge in [-0.15, -0.1) is 0 Å². The zero-order valence-corrected chi connectivity index (χ0v) is 17.0. The van der Waals surface area contributed by atoms with Gasteiger partial charge in [0.1, 0.15) is 6.04 Å². The number of nitrogens with zero attached hydrogens (tertiary/aromatic N) is 1. The summed E-state index contributed by atoms with van der Waals surface area (Å²) in [4.78, 5) is 29.6. The molecule has 1 heterocycles. The van der Waals surface area contributed by atoms with E-state index in [2.05, 4.69) is 15.6 Å². The van der Waals surface area contributed by atoms with Crippen LogP contribution in [0.15, 0.2) is 48.8 Å². The van der Waals surface area contributed by atoms with Crippen molar-refractivity contribution in [2.24, 2.45) is 5.92 Å². The molecule has 2 rings (SSSR count). The lowest BCUT2D eigenvalue weighted by Gasteiger charge is -2.24. The first-order valence-corrected chi connectivity index (χ1v) is 9.69. The fraction of sp³-hybridized carbons (Fsp3) is 0.381. The second-order valence-corrected chi connectivity index (χ2v) is 7.56. The van der Waals surface area contributed by atoms with E-state index in [1.807, 2.05) is 44.2 Å². The summed E-state index contributed by atoms with van der Waals surface area (Å²) in [5, 5.41) is 24.7. The van der Waals surface area contributed by atoms with Gasteiger partial charge in [-0.25, -0.2) is 0 Å². The van der Waals surface area contributed by atoms with Crippen molar-refractivity contribution >= 4 is 18.9 Å². The van der Waals surface area contributed by atoms with Gasteiger partial charge in [0.25, 0.3) is 5.91 Å². The lowest BCUT2D eigenvalue weighted by atomic mass is 9.75. The minimum atomic E-state index is -1.69. The minimum Gasteiger partial charge on any atom is -0.426 e. The number of carbonyl (C=O) groups is 2. The maximum Gasteiger partial charge on any atom is 0.475 e. The van der Waals surface area contributed by atoms with Crippen molar-refractivity contribution < 1.29 is 19.6 Å². The number of benzene rings is 1. The molecule has 0 fully saturated rings. The SMILES string of the molecule is Cc1ccncc1C(=O)NC(Cc1ccccc1)C(=O)NC(CC(C)C)B(O)O. The Labute approximate surface area is 171 Å². The molecular weight excluding hydrogens is 369 g/mol. The molecule has 7 nitrogen and oxygen atoms in total. The summed E-state index contributed by atoms with van der Waals surface area (Å²) < 4.78 is 0.